The summed E-state index contributed by atoms with van der Waals surface area (Å²) < 4.78 is 40.8. The molecule has 1 saturated heterocycles. The second-order valence-corrected chi connectivity index (χ2v) is 7.33. The Morgan fingerprint density at radius 1 is 1.18 bits per heavy atom. The highest BCUT2D eigenvalue weighted by atomic mass is 19.4. The van der Waals surface area contributed by atoms with Crippen molar-refractivity contribution >= 4 is 11.2 Å². The van der Waals surface area contributed by atoms with Crippen LogP contribution in [0.25, 0.3) is 22.4 Å². The molecule has 1 N–H and O–H groups in total. The lowest BCUT2D eigenvalue weighted by molar-refractivity contribution is -0.137. The molecule has 3 aromatic rings. The zero-order chi connectivity index (χ0) is 20.1. The van der Waals surface area contributed by atoms with Gasteiger partial charge in [0.1, 0.15) is 11.3 Å². The number of alkyl halides is 3. The van der Waals surface area contributed by atoms with Gasteiger partial charge in [-0.3, -0.25) is 0 Å². The van der Waals surface area contributed by atoms with Crippen LogP contribution in [-0.4, -0.2) is 49.9 Å². The molecule has 1 unspecified atom stereocenters. The zero-order valence-electron chi connectivity index (χ0n) is 15.5. The molecule has 1 aliphatic heterocycles. The van der Waals surface area contributed by atoms with Crippen molar-refractivity contribution < 1.29 is 18.3 Å². The van der Waals surface area contributed by atoms with Gasteiger partial charge in [0.25, 0.3) is 0 Å². The molecule has 0 aliphatic carbocycles. The van der Waals surface area contributed by atoms with Gasteiger partial charge in [0.15, 0.2) is 5.65 Å². The van der Waals surface area contributed by atoms with Gasteiger partial charge in [0.2, 0.25) is 0 Å². The molecule has 28 heavy (non-hydrogen) atoms. The number of fused-ring (bicyclic) bond motifs is 1. The summed E-state index contributed by atoms with van der Waals surface area (Å²) >= 11 is 0. The van der Waals surface area contributed by atoms with E-state index in [-0.39, 0.29) is 17.2 Å². The lowest BCUT2D eigenvalue weighted by atomic mass is 10.0. The molecule has 1 atom stereocenters. The van der Waals surface area contributed by atoms with Crippen LogP contribution in [0, 0.1) is 6.92 Å². The van der Waals surface area contributed by atoms with Gasteiger partial charge in [0, 0.05) is 18.2 Å². The molecule has 0 saturated carbocycles. The maximum absolute atomic E-state index is 12.9. The summed E-state index contributed by atoms with van der Waals surface area (Å²) in [5.41, 5.74) is 1.13. The minimum absolute atomic E-state index is 0.231. The van der Waals surface area contributed by atoms with Crippen molar-refractivity contribution in [2.45, 2.75) is 32.0 Å². The van der Waals surface area contributed by atoms with Crippen LogP contribution in [0.3, 0.4) is 0 Å². The first kappa shape index (κ1) is 18.7. The predicted octanol–water partition coefficient (Wildman–Crippen LogP) is 3.79. The summed E-state index contributed by atoms with van der Waals surface area (Å²) in [4.78, 5) is 6.66. The highest BCUT2D eigenvalue weighted by Crippen LogP contribution is 2.38. The molecule has 1 aliphatic rings. The minimum atomic E-state index is -4.53. The van der Waals surface area contributed by atoms with Crippen molar-refractivity contribution in [3.05, 3.63) is 35.7 Å². The number of benzene rings is 1. The maximum Gasteiger partial charge on any atom is 0.416 e. The first-order valence-corrected chi connectivity index (χ1v) is 9.04. The van der Waals surface area contributed by atoms with E-state index < -0.39 is 17.5 Å². The topological polar surface area (TPSA) is 67.1 Å². The monoisotopic (exact) mass is 391 g/mol. The number of likely N-dealkylation sites (N-methyl/N-ethyl adjacent to an activating group) is 1. The molecule has 0 radical (unpaired) electrons. The van der Waals surface area contributed by atoms with Crippen molar-refractivity contribution in [2.24, 2.45) is 0 Å². The van der Waals surface area contributed by atoms with Crippen LogP contribution in [0.15, 0.2) is 24.5 Å². The number of aromatic nitrogens is 4. The van der Waals surface area contributed by atoms with E-state index in [9.17, 15) is 18.3 Å². The van der Waals surface area contributed by atoms with Gasteiger partial charge in [-0.05, 0) is 57.1 Å². The van der Waals surface area contributed by atoms with Crippen molar-refractivity contribution in [3.8, 4) is 17.0 Å². The standard InChI is InChI=1S/C19H20F3N5O/c1-11-6-12(19(20,21)22)7-16(28)17(11)14-8-15-18(25-24-14)27(10-23-15)13-4-3-5-26(2)9-13/h6-8,10,13,28H,3-5,9H2,1-2H3. The first-order valence-electron chi connectivity index (χ1n) is 9.04. The SMILES string of the molecule is Cc1cc(C(F)(F)F)cc(O)c1-c1cc2ncn(C3CCCN(C)C3)c2nn1. The highest BCUT2D eigenvalue weighted by molar-refractivity contribution is 5.79. The largest absolute Gasteiger partial charge is 0.507 e. The Balaban J connectivity index is 1.73. The fraction of sp³-hybridized carbons (Fsp3) is 0.421. The molecule has 9 heteroatoms. The molecule has 1 fully saturated rings. The Labute approximate surface area is 159 Å². The number of phenols is 1. The van der Waals surface area contributed by atoms with E-state index in [2.05, 4.69) is 27.1 Å². The first-order chi connectivity index (χ1) is 13.2. The number of rotatable bonds is 2. The van der Waals surface area contributed by atoms with Crippen molar-refractivity contribution in [1.29, 1.82) is 0 Å². The van der Waals surface area contributed by atoms with Crippen molar-refractivity contribution in [3.63, 3.8) is 0 Å². The van der Waals surface area contributed by atoms with E-state index in [4.69, 9.17) is 0 Å². The Bertz CT molecular complexity index is 1010. The van der Waals surface area contributed by atoms with Gasteiger partial charge in [-0.2, -0.15) is 13.2 Å². The fourth-order valence-corrected chi connectivity index (χ4v) is 3.85. The van der Waals surface area contributed by atoms with Crippen LogP contribution < -0.4 is 0 Å². The summed E-state index contributed by atoms with van der Waals surface area (Å²) in [6, 6.07) is 3.62. The minimum Gasteiger partial charge on any atom is -0.507 e. The van der Waals surface area contributed by atoms with Gasteiger partial charge in [-0.25, -0.2) is 4.98 Å². The van der Waals surface area contributed by atoms with Crippen LogP contribution in [0.5, 0.6) is 5.75 Å². The van der Waals surface area contributed by atoms with Gasteiger partial charge in [-0.15, -0.1) is 10.2 Å². The molecule has 3 heterocycles. The number of halogens is 3. The molecule has 4 rings (SSSR count). The molecule has 0 spiro atoms. The number of piperidine rings is 1. The predicted molar refractivity (Wildman–Crippen MR) is 97.9 cm³/mol. The van der Waals surface area contributed by atoms with Crippen LogP contribution >= 0.6 is 0 Å². The molecular weight excluding hydrogens is 371 g/mol. The third-order valence-corrected chi connectivity index (χ3v) is 5.21. The number of phenolic OH excluding ortho intramolecular Hbond substituents is 1. The maximum atomic E-state index is 12.9. The average Bonchev–Trinajstić information content (AvgIpc) is 3.03. The number of imidazole rings is 1. The fourth-order valence-electron chi connectivity index (χ4n) is 3.85. The smallest absolute Gasteiger partial charge is 0.416 e. The molecule has 0 bridgehead atoms. The lowest BCUT2D eigenvalue weighted by Gasteiger charge is -2.30. The van der Waals surface area contributed by atoms with Crippen LogP contribution in [0.4, 0.5) is 13.2 Å². The van der Waals surface area contributed by atoms with Crippen molar-refractivity contribution in [1.82, 2.24) is 24.6 Å². The number of aromatic hydroxyl groups is 1. The van der Waals surface area contributed by atoms with Gasteiger partial charge in [-0.1, -0.05) is 0 Å². The van der Waals surface area contributed by atoms with E-state index in [1.165, 1.54) is 6.92 Å². The number of hydrogen-bond donors (Lipinski definition) is 1. The van der Waals surface area contributed by atoms with E-state index in [1.807, 2.05) is 4.57 Å². The molecule has 2 aromatic heterocycles. The summed E-state index contributed by atoms with van der Waals surface area (Å²) in [6.07, 6.45) is -0.683. The zero-order valence-corrected chi connectivity index (χ0v) is 15.5. The van der Waals surface area contributed by atoms with Gasteiger partial charge >= 0.3 is 6.18 Å². The Morgan fingerprint density at radius 3 is 2.64 bits per heavy atom. The quantitative estimate of drug-likeness (QED) is 0.720. The van der Waals surface area contributed by atoms with Crippen LogP contribution in [0.1, 0.15) is 30.0 Å². The molecule has 148 valence electrons. The number of aryl methyl sites for hydroxylation is 1. The van der Waals surface area contributed by atoms with Crippen LogP contribution in [-0.2, 0) is 6.18 Å². The third kappa shape index (κ3) is 3.30. The third-order valence-electron chi connectivity index (χ3n) is 5.21. The highest BCUT2D eigenvalue weighted by Gasteiger charge is 2.32. The van der Waals surface area contributed by atoms with E-state index in [0.717, 1.165) is 32.0 Å². The van der Waals surface area contributed by atoms with Crippen LogP contribution in [0.2, 0.25) is 0 Å². The summed E-state index contributed by atoms with van der Waals surface area (Å²) in [5, 5.41) is 18.6. The van der Waals surface area contributed by atoms with Crippen molar-refractivity contribution in [2.75, 3.05) is 20.1 Å². The summed E-state index contributed by atoms with van der Waals surface area (Å²) in [5.74, 6) is -0.477. The van der Waals surface area contributed by atoms with E-state index in [0.29, 0.717) is 22.9 Å². The number of hydrogen-bond acceptors (Lipinski definition) is 5. The number of nitrogens with zero attached hydrogens (tertiary/aromatic N) is 5. The van der Waals surface area contributed by atoms with E-state index >= 15 is 0 Å². The number of likely N-dealkylation sites (tertiary alicyclic amines) is 1. The van der Waals surface area contributed by atoms with E-state index in [1.54, 1.807) is 12.4 Å². The molecule has 0 amide bonds. The molecule has 6 nitrogen and oxygen atoms in total. The second kappa shape index (κ2) is 6.73. The lowest BCUT2D eigenvalue weighted by Crippen LogP contribution is -2.33. The summed E-state index contributed by atoms with van der Waals surface area (Å²) in [6.45, 7) is 3.46. The molecule has 1 aromatic carbocycles. The Kier molecular flexibility index (Phi) is 4.49. The Morgan fingerprint density at radius 2 is 1.96 bits per heavy atom. The van der Waals surface area contributed by atoms with Gasteiger partial charge < -0.3 is 14.6 Å². The normalized spacial score (nSPS) is 18.7. The van der Waals surface area contributed by atoms with Gasteiger partial charge in [0.05, 0.1) is 17.6 Å². The summed E-state index contributed by atoms with van der Waals surface area (Å²) in [7, 11) is 2.07. The average molecular weight is 391 g/mol. The second-order valence-electron chi connectivity index (χ2n) is 7.33. The Hall–Kier alpha value is -2.68. The molecular formula is C19H20F3N5O.